The summed E-state index contributed by atoms with van der Waals surface area (Å²) in [5.74, 6) is 1.21. The highest BCUT2D eigenvalue weighted by atomic mass is 16.2. The second-order valence-electron chi connectivity index (χ2n) is 6.98. The van der Waals surface area contributed by atoms with E-state index in [0.717, 1.165) is 32.4 Å². The van der Waals surface area contributed by atoms with Gasteiger partial charge in [0.05, 0.1) is 0 Å². The van der Waals surface area contributed by atoms with Crippen LogP contribution in [0.4, 0.5) is 0 Å². The van der Waals surface area contributed by atoms with Crippen LogP contribution in [-0.4, -0.2) is 35.5 Å². The summed E-state index contributed by atoms with van der Waals surface area (Å²) >= 11 is 0. The lowest BCUT2D eigenvalue weighted by molar-refractivity contribution is -0.143. The van der Waals surface area contributed by atoms with Gasteiger partial charge in [-0.05, 0) is 39.0 Å². The largest absolute Gasteiger partial charge is 0.335 e. The number of carbonyl (C=O) groups is 1. The Morgan fingerprint density at radius 1 is 1.32 bits per heavy atom. The predicted molar refractivity (Wildman–Crippen MR) is 81.1 cm³/mol. The van der Waals surface area contributed by atoms with Crippen molar-refractivity contribution < 1.29 is 4.79 Å². The lowest BCUT2D eigenvalue weighted by Gasteiger charge is -2.47. The molecule has 1 aliphatic rings. The molecule has 0 aromatic rings. The molecule has 0 aromatic heterocycles. The van der Waals surface area contributed by atoms with Gasteiger partial charge in [0.15, 0.2) is 0 Å². The number of piperazine rings is 1. The average Bonchev–Trinajstić information content (AvgIpc) is 2.32. The highest BCUT2D eigenvalue weighted by Gasteiger charge is 2.38. The number of rotatable bonds is 5. The SMILES string of the molecule is CCC(CC)C(=O)N1CC(CC(C)C)NCC1(C)C. The van der Waals surface area contributed by atoms with Gasteiger partial charge in [-0.1, -0.05) is 27.7 Å². The molecule has 112 valence electrons. The van der Waals surface area contributed by atoms with Crippen molar-refractivity contribution in [1.82, 2.24) is 10.2 Å². The van der Waals surface area contributed by atoms with Gasteiger partial charge in [0.25, 0.3) is 0 Å². The molecule has 1 N–H and O–H groups in total. The Bertz CT molecular complexity index is 295. The summed E-state index contributed by atoms with van der Waals surface area (Å²) in [6.45, 7) is 14.8. The van der Waals surface area contributed by atoms with Crippen molar-refractivity contribution in [1.29, 1.82) is 0 Å². The first-order valence-corrected chi connectivity index (χ1v) is 7.86. The molecule has 0 aromatic carbocycles. The van der Waals surface area contributed by atoms with Crippen molar-refractivity contribution in [2.24, 2.45) is 11.8 Å². The standard InChI is InChI=1S/C16H32N2O/c1-7-13(8-2)15(19)18-10-14(9-12(3)4)17-11-16(18,5)6/h12-14,17H,7-11H2,1-6H3. The van der Waals surface area contributed by atoms with E-state index < -0.39 is 0 Å². The lowest BCUT2D eigenvalue weighted by atomic mass is 9.91. The van der Waals surface area contributed by atoms with Crippen LogP contribution in [0.3, 0.4) is 0 Å². The Kier molecular flexibility index (Phi) is 5.84. The summed E-state index contributed by atoms with van der Waals surface area (Å²) in [7, 11) is 0. The molecular weight excluding hydrogens is 236 g/mol. The van der Waals surface area contributed by atoms with Crippen LogP contribution >= 0.6 is 0 Å². The molecule has 0 spiro atoms. The highest BCUT2D eigenvalue weighted by molar-refractivity contribution is 5.79. The molecule has 0 radical (unpaired) electrons. The maximum atomic E-state index is 12.7. The average molecular weight is 268 g/mol. The van der Waals surface area contributed by atoms with E-state index in [2.05, 4.69) is 51.8 Å². The van der Waals surface area contributed by atoms with Crippen LogP contribution < -0.4 is 5.32 Å². The number of nitrogens with zero attached hydrogens (tertiary/aromatic N) is 1. The summed E-state index contributed by atoms with van der Waals surface area (Å²) in [6, 6.07) is 0.450. The molecule has 1 aliphatic heterocycles. The van der Waals surface area contributed by atoms with Gasteiger partial charge in [-0.25, -0.2) is 0 Å². The van der Waals surface area contributed by atoms with E-state index in [9.17, 15) is 4.79 Å². The number of carbonyl (C=O) groups excluding carboxylic acids is 1. The zero-order valence-corrected chi connectivity index (χ0v) is 13.6. The Morgan fingerprint density at radius 3 is 2.37 bits per heavy atom. The minimum atomic E-state index is -0.0623. The molecule has 1 amide bonds. The first-order valence-electron chi connectivity index (χ1n) is 7.86. The van der Waals surface area contributed by atoms with Gasteiger partial charge >= 0.3 is 0 Å². The third kappa shape index (κ3) is 4.20. The van der Waals surface area contributed by atoms with Crippen molar-refractivity contribution in [3.8, 4) is 0 Å². The molecule has 1 saturated heterocycles. The second-order valence-corrected chi connectivity index (χ2v) is 6.98. The van der Waals surface area contributed by atoms with Gasteiger partial charge in [0.2, 0.25) is 5.91 Å². The maximum Gasteiger partial charge on any atom is 0.226 e. The molecule has 1 heterocycles. The van der Waals surface area contributed by atoms with Gasteiger partial charge in [-0.15, -0.1) is 0 Å². The normalized spacial score (nSPS) is 23.2. The van der Waals surface area contributed by atoms with Crippen molar-refractivity contribution >= 4 is 5.91 Å². The van der Waals surface area contributed by atoms with Crippen LogP contribution in [0.2, 0.25) is 0 Å². The van der Waals surface area contributed by atoms with Crippen LogP contribution in [0.5, 0.6) is 0 Å². The smallest absolute Gasteiger partial charge is 0.226 e. The van der Waals surface area contributed by atoms with Crippen molar-refractivity contribution in [2.75, 3.05) is 13.1 Å². The molecule has 1 fully saturated rings. The van der Waals surface area contributed by atoms with Crippen LogP contribution in [0.25, 0.3) is 0 Å². The fourth-order valence-corrected chi connectivity index (χ4v) is 3.00. The zero-order chi connectivity index (χ0) is 14.6. The van der Waals surface area contributed by atoms with Crippen LogP contribution in [-0.2, 0) is 4.79 Å². The minimum Gasteiger partial charge on any atom is -0.335 e. The molecule has 0 saturated carbocycles. The van der Waals surface area contributed by atoms with E-state index in [-0.39, 0.29) is 11.5 Å². The molecule has 19 heavy (non-hydrogen) atoms. The highest BCUT2D eigenvalue weighted by Crippen LogP contribution is 2.25. The van der Waals surface area contributed by atoms with E-state index in [1.165, 1.54) is 0 Å². The van der Waals surface area contributed by atoms with Crippen LogP contribution in [0.15, 0.2) is 0 Å². The fraction of sp³-hybridized carbons (Fsp3) is 0.938. The van der Waals surface area contributed by atoms with Crippen molar-refractivity contribution in [3.05, 3.63) is 0 Å². The molecule has 1 rings (SSSR count). The molecule has 0 bridgehead atoms. The number of amides is 1. The molecule has 3 heteroatoms. The monoisotopic (exact) mass is 268 g/mol. The van der Waals surface area contributed by atoms with Gasteiger partial charge in [-0.3, -0.25) is 4.79 Å². The Morgan fingerprint density at radius 2 is 1.89 bits per heavy atom. The third-order valence-electron chi connectivity index (χ3n) is 4.31. The quantitative estimate of drug-likeness (QED) is 0.831. The van der Waals surface area contributed by atoms with Gasteiger partial charge in [-0.2, -0.15) is 0 Å². The Hall–Kier alpha value is -0.570. The van der Waals surface area contributed by atoms with Crippen molar-refractivity contribution in [2.45, 2.75) is 72.4 Å². The topological polar surface area (TPSA) is 32.3 Å². The van der Waals surface area contributed by atoms with Crippen molar-refractivity contribution in [3.63, 3.8) is 0 Å². The van der Waals surface area contributed by atoms with E-state index in [4.69, 9.17) is 0 Å². The fourth-order valence-electron chi connectivity index (χ4n) is 3.00. The Balaban J connectivity index is 2.78. The number of hydrogen-bond donors (Lipinski definition) is 1. The maximum absolute atomic E-state index is 12.7. The van der Waals surface area contributed by atoms with E-state index in [1.807, 2.05) is 0 Å². The molecule has 1 unspecified atom stereocenters. The minimum absolute atomic E-state index is 0.0623. The summed E-state index contributed by atoms with van der Waals surface area (Å²) in [5.41, 5.74) is -0.0623. The Labute approximate surface area is 119 Å². The van der Waals surface area contributed by atoms with Gasteiger partial charge in [0.1, 0.15) is 0 Å². The molecule has 3 nitrogen and oxygen atoms in total. The number of hydrogen-bond acceptors (Lipinski definition) is 2. The van der Waals surface area contributed by atoms with E-state index in [1.54, 1.807) is 0 Å². The first-order chi connectivity index (χ1) is 8.81. The summed E-state index contributed by atoms with van der Waals surface area (Å²) in [6.07, 6.45) is 3.04. The summed E-state index contributed by atoms with van der Waals surface area (Å²) < 4.78 is 0. The molecular formula is C16H32N2O. The van der Waals surface area contributed by atoms with Gasteiger partial charge in [0, 0.05) is 30.6 Å². The summed E-state index contributed by atoms with van der Waals surface area (Å²) in [5, 5.41) is 3.61. The van der Waals surface area contributed by atoms with Gasteiger partial charge < -0.3 is 10.2 Å². The molecule has 1 atom stereocenters. The van der Waals surface area contributed by atoms with E-state index >= 15 is 0 Å². The second kappa shape index (κ2) is 6.74. The van der Waals surface area contributed by atoms with E-state index in [0.29, 0.717) is 17.9 Å². The predicted octanol–water partition coefficient (Wildman–Crippen LogP) is 3.05. The third-order valence-corrected chi connectivity index (χ3v) is 4.31. The zero-order valence-electron chi connectivity index (χ0n) is 13.6. The number of nitrogens with one attached hydrogen (secondary N) is 1. The summed E-state index contributed by atoms with van der Waals surface area (Å²) in [4.78, 5) is 14.8. The lowest BCUT2D eigenvalue weighted by Crippen LogP contribution is -2.64. The first kappa shape index (κ1) is 16.5. The van der Waals surface area contributed by atoms with Crippen LogP contribution in [0, 0.1) is 11.8 Å². The molecule has 0 aliphatic carbocycles. The van der Waals surface area contributed by atoms with Crippen LogP contribution in [0.1, 0.15) is 60.8 Å².